The lowest BCUT2D eigenvalue weighted by molar-refractivity contribution is 0.322. The summed E-state index contributed by atoms with van der Waals surface area (Å²) in [5.74, 6) is 3.13. The van der Waals surface area contributed by atoms with Gasteiger partial charge < -0.3 is 19.9 Å². The van der Waals surface area contributed by atoms with Crippen molar-refractivity contribution in [2.75, 3.05) is 21.3 Å². The molecule has 2 N–H and O–H groups in total. The van der Waals surface area contributed by atoms with Crippen LogP contribution >= 0.6 is 0 Å². The Labute approximate surface area is 108 Å². The molecule has 4 heteroatoms. The highest BCUT2D eigenvalue weighted by Crippen LogP contribution is 2.54. The van der Waals surface area contributed by atoms with Gasteiger partial charge in [-0.15, -0.1) is 0 Å². The predicted molar refractivity (Wildman–Crippen MR) is 70.6 cm³/mol. The quantitative estimate of drug-likeness (QED) is 0.871. The second-order valence-corrected chi connectivity index (χ2v) is 4.79. The van der Waals surface area contributed by atoms with Crippen LogP contribution in [0, 0.1) is 5.92 Å². The molecule has 100 valence electrons. The van der Waals surface area contributed by atoms with Gasteiger partial charge in [0.05, 0.1) is 21.3 Å². The van der Waals surface area contributed by atoms with E-state index >= 15 is 0 Å². The smallest absolute Gasteiger partial charge is 0.203 e. The topological polar surface area (TPSA) is 53.7 Å². The number of hydrogen-bond acceptors (Lipinski definition) is 4. The summed E-state index contributed by atoms with van der Waals surface area (Å²) in [5.41, 5.74) is 7.11. The molecule has 0 heterocycles. The fourth-order valence-corrected chi connectivity index (χ4v) is 2.57. The Morgan fingerprint density at radius 3 is 2.22 bits per heavy atom. The van der Waals surface area contributed by atoms with Crippen LogP contribution in [-0.2, 0) is 0 Å². The van der Waals surface area contributed by atoms with Crippen molar-refractivity contribution in [3.63, 3.8) is 0 Å². The zero-order valence-corrected chi connectivity index (χ0v) is 11.4. The predicted octanol–water partition coefficient (Wildman–Crippen LogP) is 2.16. The highest BCUT2D eigenvalue weighted by atomic mass is 16.5. The molecule has 2 rings (SSSR count). The average Bonchev–Trinajstić information content (AvgIpc) is 3.16. The number of rotatable bonds is 5. The van der Waals surface area contributed by atoms with Crippen molar-refractivity contribution >= 4 is 0 Å². The Balaban J connectivity index is 2.37. The van der Waals surface area contributed by atoms with Gasteiger partial charge in [-0.2, -0.15) is 0 Å². The number of nitrogens with two attached hydrogens (primary N) is 1. The highest BCUT2D eigenvalue weighted by Gasteiger charge is 2.43. The van der Waals surface area contributed by atoms with E-state index in [4.69, 9.17) is 19.9 Å². The van der Waals surface area contributed by atoms with E-state index in [1.54, 1.807) is 21.3 Å². The molecule has 0 amide bonds. The summed E-state index contributed by atoms with van der Waals surface area (Å²) < 4.78 is 16.2. The van der Waals surface area contributed by atoms with E-state index in [0.717, 1.165) is 17.7 Å². The second kappa shape index (κ2) is 5.06. The van der Waals surface area contributed by atoms with Crippen molar-refractivity contribution < 1.29 is 14.2 Å². The second-order valence-electron chi connectivity index (χ2n) is 4.79. The van der Waals surface area contributed by atoms with Gasteiger partial charge >= 0.3 is 0 Å². The van der Waals surface area contributed by atoms with Crippen molar-refractivity contribution in [3.8, 4) is 17.2 Å². The van der Waals surface area contributed by atoms with E-state index in [0.29, 0.717) is 23.3 Å². The molecule has 4 nitrogen and oxygen atoms in total. The third-order valence-electron chi connectivity index (χ3n) is 3.65. The number of methoxy groups -OCH3 is 3. The Morgan fingerprint density at radius 2 is 1.78 bits per heavy atom. The van der Waals surface area contributed by atoms with Crippen LogP contribution in [0.15, 0.2) is 12.1 Å². The molecule has 1 saturated carbocycles. The first-order chi connectivity index (χ1) is 8.63. The van der Waals surface area contributed by atoms with Crippen LogP contribution in [0.25, 0.3) is 0 Å². The maximum atomic E-state index is 5.95. The molecule has 1 fully saturated rings. The minimum absolute atomic E-state index is 0.216. The van der Waals surface area contributed by atoms with E-state index < -0.39 is 0 Å². The zero-order chi connectivity index (χ0) is 13.3. The highest BCUT2D eigenvalue weighted by molar-refractivity contribution is 5.57. The summed E-state index contributed by atoms with van der Waals surface area (Å²) in [6, 6.07) is 4.19. The molecule has 1 aliphatic carbocycles. The third kappa shape index (κ3) is 2.12. The van der Waals surface area contributed by atoms with Crippen LogP contribution in [-0.4, -0.2) is 27.4 Å². The van der Waals surface area contributed by atoms with E-state index in [2.05, 4.69) is 6.92 Å². The maximum absolute atomic E-state index is 5.95. The molecule has 1 aromatic carbocycles. The standard InChI is InChI=1S/C14H21NO3/c1-8(15)10-7-11(10)9-5-6-12(16-2)14(18-4)13(9)17-3/h5-6,8,10-11H,7,15H2,1-4H3. The van der Waals surface area contributed by atoms with Crippen LogP contribution in [0.1, 0.15) is 24.8 Å². The lowest BCUT2D eigenvalue weighted by Crippen LogP contribution is -2.18. The van der Waals surface area contributed by atoms with Crippen molar-refractivity contribution in [2.24, 2.45) is 11.7 Å². The van der Waals surface area contributed by atoms with Crippen LogP contribution in [0.5, 0.6) is 17.2 Å². The minimum atomic E-state index is 0.216. The summed E-state index contributed by atoms with van der Waals surface area (Å²) in [7, 11) is 4.91. The molecule has 0 aromatic heterocycles. The number of ether oxygens (including phenoxy) is 3. The summed E-state index contributed by atoms with van der Waals surface area (Å²) >= 11 is 0. The summed E-state index contributed by atoms with van der Waals surface area (Å²) in [6.07, 6.45) is 1.11. The molecule has 0 radical (unpaired) electrons. The van der Waals surface area contributed by atoms with Crippen LogP contribution in [0.2, 0.25) is 0 Å². The third-order valence-corrected chi connectivity index (χ3v) is 3.65. The molecule has 0 spiro atoms. The van der Waals surface area contributed by atoms with Gasteiger partial charge in [-0.05, 0) is 31.2 Å². The minimum Gasteiger partial charge on any atom is -0.493 e. The molecule has 3 unspecified atom stereocenters. The van der Waals surface area contributed by atoms with Gasteiger partial charge in [0.25, 0.3) is 0 Å². The summed E-state index contributed by atoms with van der Waals surface area (Å²) in [4.78, 5) is 0. The summed E-state index contributed by atoms with van der Waals surface area (Å²) in [6.45, 7) is 2.05. The van der Waals surface area contributed by atoms with Crippen LogP contribution in [0.4, 0.5) is 0 Å². The van der Waals surface area contributed by atoms with Gasteiger partial charge in [0.1, 0.15) is 0 Å². The van der Waals surface area contributed by atoms with Crippen LogP contribution < -0.4 is 19.9 Å². The Bertz CT molecular complexity index is 431. The van der Waals surface area contributed by atoms with Gasteiger partial charge in [-0.25, -0.2) is 0 Å². The molecule has 18 heavy (non-hydrogen) atoms. The average molecular weight is 251 g/mol. The monoisotopic (exact) mass is 251 g/mol. The Kier molecular flexibility index (Phi) is 3.66. The van der Waals surface area contributed by atoms with E-state index in [-0.39, 0.29) is 6.04 Å². The van der Waals surface area contributed by atoms with Crippen molar-refractivity contribution in [1.29, 1.82) is 0 Å². The lowest BCUT2D eigenvalue weighted by Gasteiger charge is -2.16. The van der Waals surface area contributed by atoms with Crippen molar-refractivity contribution in [1.82, 2.24) is 0 Å². The molecule has 0 saturated heterocycles. The van der Waals surface area contributed by atoms with Gasteiger partial charge in [0, 0.05) is 11.6 Å². The molecule has 0 aliphatic heterocycles. The SMILES string of the molecule is COc1ccc(C2CC2C(C)N)c(OC)c1OC. The van der Waals surface area contributed by atoms with Crippen molar-refractivity contribution in [3.05, 3.63) is 17.7 Å². The molecule has 3 atom stereocenters. The normalized spacial score (nSPS) is 23.4. The fourth-order valence-electron chi connectivity index (χ4n) is 2.57. The van der Waals surface area contributed by atoms with Gasteiger partial charge in [0.15, 0.2) is 11.5 Å². The number of hydrogen-bond donors (Lipinski definition) is 1. The van der Waals surface area contributed by atoms with Gasteiger partial charge in [-0.1, -0.05) is 6.07 Å². The van der Waals surface area contributed by atoms with E-state index in [1.165, 1.54) is 0 Å². The molecule has 1 aliphatic rings. The van der Waals surface area contributed by atoms with Gasteiger partial charge in [-0.3, -0.25) is 0 Å². The Hall–Kier alpha value is -1.42. The summed E-state index contributed by atoms with van der Waals surface area (Å²) in [5, 5.41) is 0. The largest absolute Gasteiger partial charge is 0.493 e. The first kappa shape index (κ1) is 13.0. The first-order valence-electron chi connectivity index (χ1n) is 6.18. The zero-order valence-electron chi connectivity index (χ0n) is 11.4. The number of benzene rings is 1. The van der Waals surface area contributed by atoms with E-state index in [9.17, 15) is 0 Å². The van der Waals surface area contributed by atoms with Gasteiger partial charge in [0.2, 0.25) is 5.75 Å². The molecular weight excluding hydrogens is 230 g/mol. The maximum Gasteiger partial charge on any atom is 0.203 e. The fraction of sp³-hybridized carbons (Fsp3) is 0.571. The van der Waals surface area contributed by atoms with Crippen molar-refractivity contribution in [2.45, 2.75) is 25.3 Å². The Morgan fingerprint density at radius 1 is 1.11 bits per heavy atom. The molecular formula is C14H21NO3. The molecule has 1 aromatic rings. The van der Waals surface area contributed by atoms with Crippen LogP contribution in [0.3, 0.4) is 0 Å². The van der Waals surface area contributed by atoms with E-state index in [1.807, 2.05) is 12.1 Å². The first-order valence-corrected chi connectivity index (χ1v) is 6.18. The lowest BCUT2D eigenvalue weighted by atomic mass is 10.0. The molecule has 0 bridgehead atoms.